The normalized spacial score (nSPS) is 13.6. The van der Waals surface area contributed by atoms with Crippen molar-refractivity contribution in [2.24, 2.45) is 5.92 Å². The quantitative estimate of drug-likeness (QED) is 0.918. The van der Waals surface area contributed by atoms with Gasteiger partial charge >= 0.3 is 0 Å². The number of benzene rings is 1. The van der Waals surface area contributed by atoms with Crippen molar-refractivity contribution < 1.29 is 8.42 Å². The summed E-state index contributed by atoms with van der Waals surface area (Å²) >= 11 is 1.23. The van der Waals surface area contributed by atoms with Crippen LogP contribution in [-0.2, 0) is 10.0 Å². The Hall–Kier alpha value is -1.17. The minimum atomic E-state index is -3.44. The van der Waals surface area contributed by atoms with Gasteiger partial charge in [0, 0.05) is 6.04 Å². The van der Waals surface area contributed by atoms with Crippen LogP contribution in [0.4, 0.5) is 0 Å². The molecule has 0 saturated heterocycles. The van der Waals surface area contributed by atoms with E-state index >= 15 is 0 Å². The van der Waals surface area contributed by atoms with Gasteiger partial charge in [-0.05, 0) is 22.9 Å². The second kappa shape index (κ2) is 5.86. The lowest BCUT2D eigenvalue weighted by Gasteiger charge is -2.22. The summed E-state index contributed by atoms with van der Waals surface area (Å²) in [6, 6.07) is 12.8. The van der Waals surface area contributed by atoms with Crippen molar-refractivity contribution in [2.45, 2.75) is 24.1 Å². The van der Waals surface area contributed by atoms with E-state index < -0.39 is 10.0 Å². The van der Waals surface area contributed by atoms with Crippen molar-refractivity contribution in [3.8, 4) is 0 Å². The lowest BCUT2D eigenvalue weighted by atomic mass is 9.97. The molecule has 0 spiro atoms. The van der Waals surface area contributed by atoms with Crippen LogP contribution in [0, 0.1) is 5.92 Å². The molecule has 1 N–H and O–H groups in total. The predicted molar refractivity (Wildman–Crippen MR) is 78.7 cm³/mol. The summed E-state index contributed by atoms with van der Waals surface area (Å²) in [6.45, 7) is 4.02. The molecule has 0 saturated carbocycles. The highest BCUT2D eigenvalue weighted by Gasteiger charge is 2.24. The molecule has 1 unspecified atom stereocenters. The van der Waals surface area contributed by atoms with Crippen molar-refractivity contribution in [3.05, 3.63) is 53.4 Å². The Balaban J connectivity index is 2.28. The van der Waals surface area contributed by atoms with Crippen molar-refractivity contribution in [1.29, 1.82) is 0 Å². The number of rotatable bonds is 5. The lowest BCUT2D eigenvalue weighted by Crippen LogP contribution is -2.31. The van der Waals surface area contributed by atoms with Crippen LogP contribution in [0.2, 0.25) is 0 Å². The monoisotopic (exact) mass is 295 g/mol. The summed E-state index contributed by atoms with van der Waals surface area (Å²) in [7, 11) is -3.44. The number of hydrogen-bond donors (Lipinski definition) is 1. The highest BCUT2D eigenvalue weighted by molar-refractivity contribution is 7.91. The minimum Gasteiger partial charge on any atom is -0.206 e. The van der Waals surface area contributed by atoms with E-state index in [4.69, 9.17) is 0 Å². The molecule has 2 aromatic rings. The van der Waals surface area contributed by atoms with Gasteiger partial charge in [0.05, 0.1) is 0 Å². The van der Waals surface area contributed by atoms with Crippen molar-refractivity contribution >= 4 is 21.4 Å². The summed E-state index contributed by atoms with van der Waals surface area (Å²) in [5, 5.41) is 1.77. The molecule has 1 heterocycles. The molecule has 0 aliphatic heterocycles. The molecule has 0 radical (unpaired) electrons. The van der Waals surface area contributed by atoms with Gasteiger partial charge in [-0.1, -0.05) is 50.2 Å². The highest BCUT2D eigenvalue weighted by Crippen LogP contribution is 2.25. The van der Waals surface area contributed by atoms with Crippen LogP contribution < -0.4 is 4.72 Å². The second-order valence-corrected chi connectivity index (χ2v) is 7.57. The summed E-state index contributed by atoms with van der Waals surface area (Å²) < 4.78 is 27.7. The van der Waals surface area contributed by atoms with Crippen LogP contribution in [0.15, 0.2) is 52.1 Å². The molecule has 0 fully saturated rings. The van der Waals surface area contributed by atoms with Crippen molar-refractivity contribution in [1.82, 2.24) is 4.72 Å². The number of hydrogen-bond acceptors (Lipinski definition) is 3. The van der Waals surface area contributed by atoms with Gasteiger partial charge in [0.15, 0.2) is 0 Å². The number of thiophene rings is 1. The summed E-state index contributed by atoms with van der Waals surface area (Å²) in [4.78, 5) is 0. The van der Waals surface area contributed by atoms with Crippen molar-refractivity contribution in [3.63, 3.8) is 0 Å². The number of nitrogens with one attached hydrogen (secondary N) is 1. The third-order valence-electron chi connectivity index (χ3n) is 2.87. The van der Waals surface area contributed by atoms with E-state index in [9.17, 15) is 8.42 Å². The SMILES string of the molecule is CC(C)C(NS(=O)(=O)c1cccs1)c1ccccc1. The molecule has 0 aliphatic rings. The molecule has 1 aromatic heterocycles. The number of sulfonamides is 1. The largest absolute Gasteiger partial charge is 0.250 e. The van der Waals surface area contributed by atoms with E-state index in [0.29, 0.717) is 4.21 Å². The zero-order valence-electron chi connectivity index (χ0n) is 10.9. The predicted octanol–water partition coefficient (Wildman–Crippen LogP) is 3.42. The molecule has 1 atom stereocenters. The molecule has 3 nitrogen and oxygen atoms in total. The third-order valence-corrected chi connectivity index (χ3v) is 5.71. The van der Waals surface area contributed by atoms with Gasteiger partial charge in [0.2, 0.25) is 0 Å². The fraction of sp³-hybridized carbons (Fsp3) is 0.286. The Morgan fingerprint density at radius 1 is 1.05 bits per heavy atom. The smallest absolute Gasteiger partial charge is 0.206 e. The second-order valence-electron chi connectivity index (χ2n) is 4.69. The molecule has 1 aromatic carbocycles. The first-order valence-electron chi connectivity index (χ1n) is 6.11. The van der Waals surface area contributed by atoms with Crippen LogP contribution in [-0.4, -0.2) is 8.42 Å². The highest BCUT2D eigenvalue weighted by atomic mass is 32.2. The molecule has 0 amide bonds. The van der Waals surface area contributed by atoms with Crippen LogP contribution in [0.25, 0.3) is 0 Å². The van der Waals surface area contributed by atoms with Gasteiger partial charge in [0.25, 0.3) is 10.0 Å². The van der Waals surface area contributed by atoms with Crippen molar-refractivity contribution in [2.75, 3.05) is 0 Å². The maximum atomic E-state index is 12.3. The fourth-order valence-corrected chi connectivity index (χ4v) is 4.27. The van der Waals surface area contributed by atoms with Gasteiger partial charge in [-0.15, -0.1) is 11.3 Å². The molecular weight excluding hydrogens is 278 g/mol. The average molecular weight is 295 g/mol. The molecule has 5 heteroatoms. The van der Waals surface area contributed by atoms with E-state index in [-0.39, 0.29) is 12.0 Å². The Morgan fingerprint density at radius 2 is 1.74 bits per heavy atom. The standard InChI is InChI=1S/C14H17NO2S2/c1-11(2)14(12-7-4-3-5-8-12)15-19(16,17)13-9-6-10-18-13/h3-11,14-15H,1-2H3. The van der Waals surface area contributed by atoms with E-state index in [1.807, 2.05) is 44.2 Å². The first-order valence-corrected chi connectivity index (χ1v) is 8.48. The molecule has 0 aliphatic carbocycles. The Labute approximate surface area is 118 Å². The Kier molecular flexibility index (Phi) is 4.39. The van der Waals surface area contributed by atoms with E-state index in [1.165, 1.54) is 11.3 Å². The first kappa shape index (κ1) is 14.2. The van der Waals surface area contributed by atoms with Gasteiger partial charge in [-0.3, -0.25) is 0 Å². The fourth-order valence-electron chi connectivity index (χ4n) is 1.89. The molecule has 19 heavy (non-hydrogen) atoms. The topological polar surface area (TPSA) is 46.2 Å². The van der Waals surface area contributed by atoms with E-state index in [0.717, 1.165) is 5.56 Å². The molecule has 102 valence electrons. The van der Waals surface area contributed by atoms with Gasteiger partial charge in [-0.25, -0.2) is 13.1 Å². The lowest BCUT2D eigenvalue weighted by molar-refractivity contribution is 0.463. The van der Waals surface area contributed by atoms with Crippen LogP contribution >= 0.6 is 11.3 Å². The Morgan fingerprint density at radius 3 is 2.26 bits per heavy atom. The van der Waals surface area contributed by atoms with Crippen LogP contribution in [0.3, 0.4) is 0 Å². The van der Waals surface area contributed by atoms with Gasteiger partial charge in [0.1, 0.15) is 4.21 Å². The maximum Gasteiger partial charge on any atom is 0.250 e. The molecular formula is C14H17NO2S2. The van der Waals surface area contributed by atoms with Gasteiger partial charge < -0.3 is 0 Å². The van der Waals surface area contributed by atoms with Crippen LogP contribution in [0.1, 0.15) is 25.5 Å². The zero-order chi connectivity index (χ0) is 13.9. The first-order chi connectivity index (χ1) is 9.00. The minimum absolute atomic E-state index is 0.178. The van der Waals surface area contributed by atoms with E-state index in [1.54, 1.807) is 17.5 Å². The van der Waals surface area contributed by atoms with Gasteiger partial charge in [-0.2, -0.15) is 0 Å². The van der Waals surface area contributed by atoms with Crippen LogP contribution in [0.5, 0.6) is 0 Å². The van der Waals surface area contributed by atoms with E-state index in [2.05, 4.69) is 4.72 Å². The maximum absolute atomic E-state index is 12.3. The Bertz CT molecular complexity index is 604. The average Bonchev–Trinajstić information content (AvgIpc) is 2.91. The summed E-state index contributed by atoms with van der Waals surface area (Å²) in [6.07, 6.45) is 0. The summed E-state index contributed by atoms with van der Waals surface area (Å²) in [5.41, 5.74) is 0.984. The molecule has 2 rings (SSSR count). The zero-order valence-corrected chi connectivity index (χ0v) is 12.5. The third kappa shape index (κ3) is 3.43. The summed E-state index contributed by atoms with van der Waals surface area (Å²) in [5.74, 6) is 0.178. The molecule has 0 bridgehead atoms.